The number of alkyl carbamates (subject to hydrolysis) is 1. The van der Waals surface area contributed by atoms with Crippen LogP contribution in [0, 0.1) is 0 Å². The summed E-state index contributed by atoms with van der Waals surface area (Å²) >= 11 is 0. The van der Waals surface area contributed by atoms with Crippen LogP contribution in [0.1, 0.15) is 19.0 Å². The molecular formula is C15H23N5O5. The maximum atomic E-state index is 12.0. The molecule has 3 N–H and O–H groups in total. The second-order valence-corrected chi connectivity index (χ2v) is 5.65. The zero-order valence-corrected chi connectivity index (χ0v) is 14.3. The minimum absolute atomic E-state index is 0.00924. The summed E-state index contributed by atoms with van der Waals surface area (Å²) in [4.78, 5) is 34.7. The Bertz CT molecular complexity index is 617. The molecule has 1 aromatic heterocycles. The fourth-order valence-electron chi connectivity index (χ4n) is 2.20. The number of amides is 3. The van der Waals surface area contributed by atoms with Crippen LogP contribution in [0.2, 0.25) is 0 Å². The van der Waals surface area contributed by atoms with Gasteiger partial charge in [-0.1, -0.05) is 6.92 Å². The highest BCUT2D eigenvalue weighted by Crippen LogP contribution is 2.00. The molecule has 10 nitrogen and oxygen atoms in total. The Morgan fingerprint density at radius 1 is 1.56 bits per heavy atom. The average Bonchev–Trinajstić information content (AvgIpc) is 3.20. The minimum Gasteiger partial charge on any atom is -0.447 e. The van der Waals surface area contributed by atoms with Crippen LogP contribution in [0.25, 0.3) is 0 Å². The smallest absolute Gasteiger partial charge is 0.407 e. The van der Waals surface area contributed by atoms with Gasteiger partial charge in [0.2, 0.25) is 11.8 Å². The highest BCUT2D eigenvalue weighted by atomic mass is 16.6. The largest absolute Gasteiger partial charge is 0.447 e. The van der Waals surface area contributed by atoms with Crippen molar-refractivity contribution >= 4 is 17.9 Å². The third-order valence-electron chi connectivity index (χ3n) is 3.78. The lowest BCUT2D eigenvalue weighted by molar-refractivity contribution is -0.127. The molecule has 2 heterocycles. The first-order valence-electron chi connectivity index (χ1n) is 8.04. The van der Waals surface area contributed by atoms with Gasteiger partial charge in [0.1, 0.15) is 19.3 Å². The molecule has 0 spiro atoms. The van der Waals surface area contributed by atoms with E-state index in [1.165, 1.54) is 0 Å². The second-order valence-electron chi connectivity index (χ2n) is 5.65. The molecule has 1 aliphatic heterocycles. The fraction of sp³-hybridized carbons (Fsp3) is 0.600. The van der Waals surface area contributed by atoms with Crippen molar-refractivity contribution in [3.63, 3.8) is 0 Å². The number of hydrogen-bond donors (Lipinski definition) is 3. The molecule has 0 bridgehead atoms. The van der Waals surface area contributed by atoms with Gasteiger partial charge in [-0.3, -0.25) is 14.3 Å². The summed E-state index contributed by atoms with van der Waals surface area (Å²) in [6.45, 7) is 2.38. The van der Waals surface area contributed by atoms with Gasteiger partial charge in [0.25, 0.3) is 0 Å². The van der Waals surface area contributed by atoms with Gasteiger partial charge < -0.3 is 25.4 Å². The summed E-state index contributed by atoms with van der Waals surface area (Å²) < 4.78 is 11.7. The molecule has 1 fully saturated rings. The topological polar surface area (TPSA) is 124 Å². The summed E-state index contributed by atoms with van der Waals surface area (Å²) in [5.41, 5.74) is 0.868. The minimum atomic E-state index is -0.695. The van der Waals surface area contributed by atoms with Crippen molar-refractivity contribution in [2.75, 3.05) is 19.8 Å². The van der Waals surface area contributed by atoms with Crippen LogP contribution in [0.3, 0.4) is 0 Å². The van der Waals surface area contributed by atoms with E-state index in [2.05, 4.69) is 25.8 Å². The van der Waals surface area contributed by atoms with Crippen molar-refractivity contribution in [3.8, 4) is 0 Å². The van der Waals surface area contributed by atoms with E-state index in [1.54, 1.807) is 17.9 Å². The van der Waals surface area contributed by atoms with Gasteiger partial charge >= 0.3 is 6.09 Å². The third kappa shape index (κ3) is 5.75. The summed E-state index contributed by atoms with van der Waals surface area (Å²) in [6, 6.07) is 0.872. The van der Waals surface area contributed by atoms with Gasteiger partial charge in [0.05, 0.1) is 12.3 Å². The molecular weight excluding hydrogens is 330 g/mol. The molecule has 25 heavy (non-hydrogen) atoms. The van der Waals surface area contributed by atoms with Gasteiger partial charge in [-0.2, -0.15) is 5.10 Å². The fourth-order valence-corrected chi connectivity index (χ4v) is 2.20. The Hall–Kier alpha value is -2.62. The van der Waals surface area contributed by atoms with E-state index in [0.29, 0.717) is 13.0 Å². The van der Waals surface area contributed by atoms with Crippen LogP contribution in [-0.2, 0) is 32.7 Å². The Kier molecular flexibility index (Phi) is 6.75. The van der Waals surface area contributed by atoms with E-state index in [1.807, 2.05) is 13.0 Å². The summed E-state index contributed by atoms with van der Waals surface area (Å²) in [7, 11) is 1.80. The molecule has 2 atom stereocenters. The van der Waals surface area contributed by atoms with E-state index in [0.717, 1.165) is 5.69 Å². The molecule has 1 saturated heterocycles. The van der Waals surface area contributed by atoms with Crippen LogP contribution in [0.15, 0.2) is 12.3 Å². The quantitative estimate of drug-likeness (QED) is 0.526. The van der Waals surface area contributed by atoms with Crippen molar-refractivity contribution in [1.82, 2.24) is 25.7 Å². The first kappa shape index (κ1) is 18.7. The van der Waals surface area contributed by atoms with Crippen molar-refractivity contribution in [3.05, 3.63) is 18.0 Å². The highest BCUT2D eigenvalue weighted by Gasteiger charge is 2.29. The van der Waals surface area contributed by atoms with E-state index in [-0.39, 0.29) is 37.6 Å². The Balaban J connectivity index is 1.65. The number of cyclic esters (lactones) is 1. The predicted molar refractivity (Wildman–Crippen MR) is 86.4 cm³/mol. The van der Waals surface area contributed by atoms with Gasteiger partial charge in [0.15, 0.2) is 0 Å². The SMILES string of the molecule is CCC(CNC(=O)COCc1ccnn1C)NC(=O)[C@@H]1COC(=O)N1. The Morgan fingerprint density at radius 3 is 2.96 bits per heavy atom. The molecule has 10 heteroatoms. The lowest BCUT2D eigenvalue weighted by Crippen LogP contribution is -2.50. The zero-order chi connectivity index (χ0) is 18.2. The van der Waals surface area contributed by atoms with Gasteiger partial charge in [0, 0.05) is 25.8 Å². The van der Waals surface area contributed by atoms with E-state index < -0.39 is 12.1 Å². The molecule has 0 aliphatic carbocycles. The first-order valence-corrected chi connectivity index (χ1v) is 8.04. The lowest BCUT2D eigenvalue weighted by Gasteiger charge is -2.19. The molecule has 0 saturated carbocycles. The van der Waals surface area contributed by atoms with Gasteiger partial charge in [-0.15, -0.1) is 0 Å². The highest BCUT2D eigenvalue weighted by molar-refractivity contribution is 5.88. The number of nitrogens with one attached hydrogen (secondary N) is 3. The molecule has 0 radical (unpaired) electrons. The average molecular weight is 353 g/mol. The molecule has 2 rings (SSSR count). The van der Waals surface area contributed by atoms with E-state index >= 15 is 0 Å². The monoisotopic (exact) mass is 353 g/mol. The van der Waals surface area contributed by atoms with Crippen LogP contribution >= 0.6 is 0 Å². The van der Waals surface area contributed by atoms with Gasteiger partial charge in [-0.25, -0.2) is 4.79 Å². The van der Waals surface area contributed by atoms with Crippen molar-refractivity contribution in [2.24, 2.45) is 7.05 Å². The van der Waals surface area contributed by atoms with Crippen molar-refractivity contribution < 1.29 is 23.9 Å². The molecule has 3 amide bonds. The summed E-state index contributed by atoms with van der Waals surface area (Å²) in [5.74, 6) is -0.605. The number of aryl methyl sites for hydroxylation is 1. The number of carbonyl (C=O) groups is 3. The molecule has 1 unspecified atom stereocenters. The summed E-state index contributed by atoms with van der Waals surface area (Å²) in [5, 5.41) is 11.9. The molecule has 1 aliphatic rings. The third-order valence-corrected chi connectivity index (χ3v) is 3.78. The lowest BCUT2D eigenvalue weighted by atomic mass is 10.2. The molecule has 138 valence electrons. The second kappa shape index (κ2) is 9.02. The van der Waals surface area contributed by atoms with Crippen LogP contribution in [0.4, 0.5) is 4.79 Å². The molecule has 1 aromatic rings. The van der Waals surface area contributed by atoms with E-state index in [4.69, 9.17) is 4.74 Å². The van der Waals surface area contributed by atoms with Crippen molar-refractivity contribution in [1.29, 1.82) is 0 Å². The summed E-state index contributed by atoms with van der Waals surface area (Å²) in [6.07, 6.45) is 1.68. The normalized spacial score (nSPS) is 17.5. The number of hydrogen-bond acceptors (Lipinski definition) is 6. The number of ether oxygens (including phenoxy) is 2. The van der Waals surface area contributed by atoms with Crippen LogP contribution < -0.4 is 16.0 Å². The number of nitrogens with zero attached hydrogens (tertiary/aromatic N) is 2. The van der Waals surface area contributed by atoms with Gasteiger partial charge in [-0.05, 0) is 12.5 Å². The standard InChI is InChI=1S/C15H23N5O5/c1-3-10(18-14(22)12-8-25-15(23)19-12)6-16-13(21)9-24-7-11-4-5-17-20(11)2/h4-5,10,12H,3,6-9H2,1-2H3,(H,16,21)(H,18,22)(H,19,23)/t10?,12-/m0/s1. The Labute approximate surface area is 145 Å². The maximum absolute atomic E-state index is 12.0. The number of aromatic nitrogens is 2. The van der Waals surface area contributed by atoms with Crippen molar-refractivity contribution in [2.45, 2.75) is 32.0 Å². The number of carbonyl (C=O) groups excluding carboxylic acids is 3. The molecule has 0 aromatic carbocycles. The number of rotatable bonds is 9. The van der Waals surface area contributed by atoms with E-state index in [9.17, 15) is 14.4 Å². The maximum Gasteiger partial charge on any atom is 0.407 e. The van der Waals surface area contributed by atoms with Crippen LogP contribution in [-0.4, -0.2) is 59.5 Å². The first-order chi connectivity index (χ1) is 12.0. The predicted octanol–water partition coefficient (Wildman–Crippen LogP) is -0.944. The van der Waals surface area contributed by atoms with Crippen LogP contribution in [0.5, 0.6) is 0 Å². The zero-order valence-electron chi connectivity index (χ0n) is 14.3. The Morgan fingerprint density at radius 2 is 2.36 bits per heavy atom.